The number of aliphatic hydroxyl groups is 2. The van der Waals surface area contributed by atoms with Crippen LogP contribution in [-0.2, 0) is 10.4 Å². The van der Waals surface area contributed by atoms with E-state index in [1.165, 1.54) is 11.1 Å². The van der Waals surface area contributed by atoms with Crippen LogP contribution >= 0.6 is 0 Å². The highest BCUT2D eigenvalue weighted by atomic mass is 16.3. The summed E-state index contributed by atoms with van der Waals surface area (Å²) in [5, 5.41) is 22.4. The lowest BCUT2D eigenvalue weighted by molar-refractivity contribution is -0.118. The molecule has 0 bridgehead atoms. The molecule has 2 aromatic heterocycles. The molecule has 3 heterocycles. The van der Waals surface area contributed by atoms with Gasteiger partial charge in [-0.05, 0) is 51.7 Å². The Balaban J connectivity index is 1.73. The van der Waals surface area contributed by atoms with Crippen LogP contribution in [0.3, 0.4) is 0 Å². The average molecular weight is 385 g/mol. The van der Waals surface area contributed by atoms with Crippen LogP contribution in [0.25, 0.3) is 11.3 Å². The van der Waals surface area contributed by atoms with E-state index in [1.807, 2.05) is 0 Å². The maximum absolute atomic E-state index is 12.9. The van der Waals surface area contributed by atoms with Crippen molar-refractivity contribution in [2.75, 3.05) is 16.7 Å². The van der Waals surface area contributed by atoms with Crippen LogP contribution in [0.5, 0.6) is 0 Å². The van der Waals surface area contributed by atoms with Crippen LogP contribution in [0.2, 0.25) is 0 Å². The van der Waals surface area contributed by atoms with Gasteiger partial charge in [-0.25, -0.2) is 9.97 Å². The Hall–Kier alpha value is -2.58. The summed E-state index contributed by atoms with van der Waals surface area (Å²) in [7, 11) is 0. The fraction of sp³-hybridized carbons (Fsp3) is 0.500. The van der Waals surface area contributed by atoms with Crippen molar-refractivity contribution < 1.29 is 17.7 Å². The monoisotopic (exact) mass is 385 g/mol. The van der Waals surface area contributed by atoms with Gasteiger partial charge >= 0.3 is 0 Å². The zero-order valence-electron chi connectivity index (χ0n) is 17.9. The zero-order chi connectivity index (χ0) is 21.7. The van der Waals surface area contributed by atoms with E-state index in [1.54, 1.807) is 32.2 Å². The average Bonchev–Trinajstić information content (AvgIpc) is 2.69. The number of hydrogen-bond donors (Lipinski definition) is 3. The lowest BCUT2D eigenvalue weighted by Crippen LogP contribution is -2.49. The first-order chi connectivity index (χ1) is 14.1. The SMILES string of the molecule is [2H]C1([2H])Nc2ncc(-c3ccc(C(C)(C)O)nc3)nc2N(C2CCC(O)CC2)C1=O. The van der Waals surface area contributed by atoms with Gasteiger partial charge in [-0.3, -0.25) is 14.7 Å². The van der Waals surface area contributed by atoms with Crippen molar-refractivity contribution in [3.05, 3.63) is 30.2 Å². The van der Waals surface area contributed by atoms with Crippen molar-refractivity contribution >= 4 is 17.5 Å². The van der Waals surface area contributed by atoms with Gasteiger partial charge in [0, 0.05) is 17.8 Å². The number of anilines is 2. The highest BCUT2D eigenvalue weighted by Crippen LogP contribution is 2.34. The van der Waals surface area contributed by atoms with E-state index >= 15 is 0 Å². The molecule has 8 nitrogen and oxygen atoms in total. The molecule has 0 aromatic carbocycles. The van der Waals surface area contributed by atoms with Gasteiger partial charge in [0.1, 0.15) is 5.60 Å². The van der Waals surface area contributed by atoms with Crippen molar-refractivity contribution in [1.82, 2.24) is 15.0 Å². The number of nitrogens with one attached hydrogen (secondary N) is 1. The summed E-state index contributed by atoms with van der Waals surface area (Å²) in [5.74, 6) is -0.227. The Morgan fingerprint density at radius 2 is 1.96 bits per heavy atom. The zero-order valence-corrected chi connectivity index (χ0v) is 15.9. The molecule has 1 saturated carbocycles. The van der Waals surface area contributed by atoms with Crippen LogP contribution in [0.4, 0.5) is 11.6 Å². The van der Waals surface area contributed by atoms with Crippen molar-refractivity contribution in [3.63, 3.8) is 0 Å². The van der Waals surface area contributed by atoms with Crippen molar-refractivity contribution in [1.29, 1.82) is 0 Å². The van der Waals surface area contributed by atoms with E-state index in [0.717, 1.165) is 0 Å². The van der Waals surface area contributed by atoms with Gasteiger partial charge in [0.25, 0.3) is 0 Å². The molecule has 148 valence electrons. The lowest BCUT2D eigenvalue weighted by Gasteiger charge is -2.38. The molecule has 0 radical (unpaired) electrons. The van der Waals surface area contributed by atoms with Gasteiger partial charge in [-0.15, -0.1) is 0 Å². The second-order valence-corrected chi connectivity index (χ2v) is 7.81. The predicted octanol–water partition coefficient (Wildman–Crippen LogP) is 1.83. The molecular formula is C20H25N5O3. The summed E-state index contributed by atoms with van der Waals surface area (Å²) in [4.78, 5) is 27.5. The van der Waals surface area contributed by atoms with Crippen LogP contribution in [-0.4, -0.2) is 49.7 Å². The Bertz CT molecular complexity index is 954. The van der Waals surface area contributed by atoms with Crippen LogP contribution < -0.4 is 10.2 Å². The molecule has 1 amide bonds. The first kappa shape index (κ1) is 16.4. The Kier molecular flexibility index (Phi) is 4.16. The number of nitrogens with zero attached hydrogens (tertiary/aromatic N) is 4. The van der Waals surface area contributed by atoms with Crippen LogP contribution in [0, 0.1) is 0 Å². The fourth-order valence-corrected chi connectivity index (χ4v) is 3.61. The summed E-state index contributed by atoms with van der Waals surface area (Å²) < 4.78 is 16.1. The first-order valence-electron chi connectivity index (χ1n) is 10.4. The molecular weight excluding hydrogens is 358 g/mol. The lowest BCUT2D eigenvalue weighted by atomic mass is 9.91. The molecule has 4 rings (SSSR count). The molecule has 8 heteroatoms. The molecule has 2 aromatic rings. The molecule has 28 heavy (non-hydrogen) atoms. The van der Waals surface area contributed by atoms with Gasteiger partial charge < -0.3 is 15.5 Å². The van der Waals surface area contributed by atoms with Crippen molar-refractivity contribution in [2.45, 2.75) is 57.3 Å². The largest absolute Gasteiger partial charge is 0.393 e. The van der Waals surface area contributed by atoms with Crippen LogP contribution in [0.15, 0.2) is 24.5 Å². The van der Waals surface area contributed by atoms with E-state index in [2.05, 4.69) is 20.3 Å². The number of pyridine rings is 1. The summed E-state index contributed by atoms with van der Waals surface area (Å²) in [6, 6.07) is 3.23. The maximum atomic E-state index is 12.9. The third kappa shape index (κ3) is 3.57. The molecule has 3 N–H and O–H groups in total. The molecule has 0 saturated heterocycles. The van der Waals surface area contributed by atoms with Crippen molar-refractivity contribution in [2.24, 2.45) is 0 Å². The molecule has 1 aliphatic carbocycles. The van der Waals surface area contributed by atoms with E-state index in [9.17, 15) is 15.0 Å². The van der Waals surface area contributed by atoms with Crippen LogP contribution in [0.1, 0.15) is 48.0 Å². The van der Waals surface area contributed by atoms with E-state index in [-0.39, 0.29) is 17.7 Å². The minimum absolute atomic E-state index is 0.204. The highest BCUT2D eigenvalue weighted by Gasteiger charge is 2.35. The summed E-state index contributed by atoms with van der Waals surface area (Å²) in [6.45, 7) is 1.02. The van der Waals surface area contributed by atoms with E-state index in [4.69, 9.17) is 2.74 Å². The standard InChI is InChI=1S/C20H25N5O3/c1-20(2,28)16-8-3-12(9-21-16)15-10-22-18-19(24-15)25(17(27)11-23-18)13-4-6-14(26)7-5-13/h3,8-10,13-14,26,28H,4-7,11H2,1-2H3,(H,22,23)/i11D2. The molecule has 0 unspecified atom stereocenters. The Morgan fingerprint density at radius 1 is 1.21 bits per heavy atom. The van der Waals surface area contributed by atoms with E-state index in [0.29, 0.717) is 42.6 Å². The van der Waals surface area contributed by atoms with Gasteiger partial charge in [0.15, 0.2) is 11.6 Å². The van der Waals surface area contributed by atoms with Gasteiger partial charge in [0.05, 0.1) is 32.9 Å². The molecule has 1 aliphatic heterocycles. The molecule has 2 aliphatic rings. The number of fused-ring (bicyclic) bond motifs is 1. The quantitative estimate of drug-likeness (QED) is 0.739. The number of hydrogen-bond acceptors (Lipinski definition) is 7. The minimum Gasteiger partial charge on any atom is -0.393 e. The smallest absolute Gasteiger partial charge is 0.247 e. The predicted molar refractivity (Wildman–Crippen MR) is 105 cm³/mol. The highest BCUT2D eigenvalue weighted by molar-refractivity contribution is 6.01. The number of rotatable bonds is 3. The van der Waals surface area contributed by atoms with Gasteiger partial charge in [0.2, 0.25) is 5.91 Å². The van der Waals surface area contributed by atoms with Gasteiger partial charge in [-0.1, -0.05) is 0 Å². The number of aromatic nitrogens is 3. The van der Waals surface area contributed by atoms with Crippen molar-refractivity contribution in [3.8, 4) is 11.3 Å². The number of aliphatic hydroxyl groups excluding tert-OH is 1. The Morgan fingerprint density at radius 3 is 2.61 bits per heavy atom. The van der Waals surface area contributed by atoms with E-state index < -0.39 is 24.1 Å². The maximum Gasteiger partial charge on any atom is 0.247 e. The normalized spacial score (nSPS) is 25.4. The third-order valence-electron chi connectivity index (χ3n) is 5.21. The number of carbonyl (C=O) groups is 1. The molecule has 0 atom stereocenters. The van der Waals surface area contributed by atoms with Gasteiger partial charge in [-0.2, -0.15) is 0 Å². The summed E-state index contributed by atoms with van der Waals surface area (Å²) in [6.07, 6.45) is 4.93. The number of carbonyl (C=O) groups excluding carboxylic acids is 1. The third-order valence-corrected chi connectivity index (χ3v) is 5.21. The molecule has 0 spiro atoms. The first-order valence-corrected chi connectivity index (χ1v) is 9.42. The second-order valence-electron chi connectivity index (χ2n) is 7.81. The summed E-state index contributed by atoms with van der Waals surface area (Å²) in [5.41, 5.74) is 0.606. The summed E-state index contributed by atoms with van der Waals surface area (Å²) >= 11 is 0. The number of amides is 1. The fourth-order valence-electron chi connectivity index (χ4n) is 3.61. The minimum atomic E-state index is -2.28. The topological polar surface area (TPSA) is 111 Å². The molecule has 1 fully saturated rings. The Labute approximate surface area is 166 Å². The second kappa shape index (κ2) is 7.10.